The maximum absolute atomic E-state index is 4.78. The Morgan fingerprint density at radius 2 is 1.93 bits per heavy atom. The molecule has 1 aromatic rings. The van der Waals surface area contributed by atoms with Crippen molar-refractivity contribution < 1.29 is 0 Å². The monoisotopic (exact) mass is 187 g/mol. The molecule has 3 rings (SSSR count). The Bertz CT molecular complexity index is 389. The van der Waals surface area contributed by atoms with Crippen LogP contribution in [0.4, 0.5) is 0 Å². The summed E-state index contributed by atoms with van der Waals surface area (Å²) in [6, 6.07) is 0. The summed E-state index contributed by atoms with van der Waals surface area (Å²) in [6.07, 6.45) is 6.58. The average molecular weight is 187 g/mol. The normalized spacial score (nSPS) is 19.9. The van der Waals surface area contributed by atoms with Gasteiger partial charge in [-0.1, -0.05) is 0 Å². The third-order valence-corrected chi connectivity index (χ3v) is 3.72. The second-order valence-electron chi connectivity index (χ2n) is 4.79. The maximum atomic E-state index is 4.78. The molecule has 1 fully saturated rings. The van der Waals surface area contributed by atoms with E-state index in [1.54, 1.807) is 16.7 Å². The van der Waals surface area contributed by atoms with Crippen LogP contribution in [0.15, 0.2) is 0 Å². The topological polar surface area (TPSA) is 12.9 Å². The van der Waals surface area contributed by atoms with Gasteiger partial charge in [0.15, 0.2) is 0 Å². The quantitative estimate of drug-likeness (QED) is 0.658. The van der Waals surface area contributed by atoms with Crippen molar-refractivity contribution in [3.05, 3.63) is 28.1 Å². The molecule has 2 aliphatic rings. The third kappa shape index (κ3) is 1.11. The van der Waals surface area contributed by atoms with Gasteiger partial charge in [-0.05, 0) is 68.6 Å². The lowest BCUT2D eigenvalue weighted by atomic mass is 9.97. The Balaban J connectivity index is 2.20. The van der Waals surface area contributed by atoms with Gasteiger partial charge in [0.2, 0.25) is 0 Å². The van der Waals surface area contributed by atoms with E-state index in [4.69, 9.17) is 4.98 Å². The Kier molecular flexibility index (Phi) is 1.70. The number of rotatable bonds is 1. The first-order chi connectivity index (χ1) is 6.77. The van der Waals surface area contributed by atoms with Crippen molar-refractivity contribution in [1.29, 1.82) is 0 Å². The van der Waals surface area contributed by atoms with E-state index in [1.807, 2.05) is 0 Å². The van der Waals surface area contributed by atoms with Gasteiger partial charge in [0, 0.05) is 11.4 Å². The van der Waals surface area contributed by atoms with Crippen LogP contribution in [0, 0.1) is 13.8 Å². The van der Waals surface area contributed by atoms with E-state index < -0.39 is 0 Å². The Labute approximate surface area is 85.6 Å². The molecule has 74 valence electrons. The molecule has 1 heterocycles. The molecule has 1 saturated carbocycles. The zero-order chi connectivity index (χ0) is 9.71. The zero-order valence-corrected chi connectivity index (χ0v) is 9.06. The second kappa shape index (κ2) is 2.82. The molecule has 0 atom stereocenters. The minimum absolute atomic E-state index is 0.855. The van der Waals surface area contributed by atoms with E-state index in [2.05, 4.69) is 13.8 Å². The lowest BCUT2D eigenvalue weighted by Gasteiger charge is -2.12. The molecule has 2 aliphatic carbocycles. The fourth-order valence-electron chi connectivity index (χ4n) is 2.93. The van der Waals surface area contributed by atoms with Crippen LogP contribution in [-0.4, -0.2) is 4.98 Å². The molecule has 1 nitrogen and oxygen atoms in total. The highest BCUT2D eigenvalue weighted by atomic mass is 14.7. The molecule has 0 aromatic carbocycles. The second-order valence-corrected chi connectivity index (χ2v) is 4.79. The van der Waals surface area contributed by atoms with Crippen molar-refractivity contribution >= 4 is 0 Å². The molecule has 0 bridgehead atoms. The highest BCUT2D eigenvalue weighted by molar-refractivity contribution is 5.44. The van der Waals surface area contributed by atoms with Gasteiger partial charge in [-0.3, -0.25) is 4.98 Å². The summed E-state index contributed by atoms with van der Waals surface area (Å²) in [5.74, 6) is 0.855. The van der Waals surface area contributed by atoms with Gasteiger partial charge in [0.05, 0.1) is 0 Å². The fraction of sp³-hybridized carbons (Fsp3) is 0.615. The van der Waals surface area contributed by atoms with Gasteiger partial charge < -0.3 is 0 Å². The minimum atomic E-state index is 0.855. The standard InChI is InChI=1S/C13H17N/c1-8-11-4-3-5-12(11)14-9(2)13(8)10-6-7-10/h10H,3-7H2,1-2H3. The minimum Gasteiger partial charge on any atom is -0.258 e. The third-order valence-electron chi connectivity index (χ3n) is 3.72. The Hall–Kier alpha value is -0.850. The van der Waals surface area contributed by atoms with Gasteiger partial charge in [-0.15, -0.1) is 0 Å². The highest BCUT2D eigenvalue weighted by Crippen LogP contribution is 2.44. The summed E-state index contributed by atoms with van der Waals surface area (Å²) in [5, 5.41) is 0. The molecule has 0 radical (unpaired) electrons. The first-order valence-electron chi connectivity index (χ1n) is 5.76. The Morgan fingerprint density at radius 1 is 1.14 bits per heavy atom. The van der Waals surface area contributed by atoms with Gasteiger partial charge in [-0.2, -0.15) is 0 Å². The molecule has 0 N–H and O–H groups in total. The van der Waals surface area contributed by atoms with E-state index in [1.165, 1.54) is 43.5 Å². The molecule has 0 aliphatic heterocycles. The smallest absolute Gasteiger partial charge is 0.0441 e. The van der Waals surface area contributed by atoms with Crippen molar-refractivity contribution in [3.8, 4) is 0 Å². The predicted octanol–water partition coefficient (Wildman–Crippen LogP) is 3.06. The molecule has 1 heteroatoms. The van der Waals surface area contributed by atoms with Crippen LogP contribution < -0.4 is 0 Å². The van der Waals surface area contributed by atoms with E-state index in [-0.39, 0.29) is 0 Å². The fourth-order valence-corrected chi connectivity index (χ4v) is 2.93. The summed E-state index contributed by atoms with van der Waals surface area (Å²) < 4.78 is 0. The van der Waals surface area contributed by atoms with Gasteiger partial charge in [-0.25, -0.2) is 0 Å². The van der Waals surface area contributed by atoms with Gasteiger partial charge in [0.25, 0.3) is 0 Å². The first-order valence-corrected chi connectivity index (χ1v) is 5.76. The molecule has 0 spiro atoms. The van der Waals surface area contributed by atoms with Crippen molar-refractivity contribution in [2.24, 2.45) is 0 Å². The maximum Gasteiger partial charge on any atom is 0.0441 e. The highest BCUT2D eigenvalue weighted by Gasteiger charge is 2.30. The lowest BCUT2D eigenvalue weighted by molar-refractivity contribution is 0.895. The van der Waals surface area contributed by atoms with E-state index in [0.717, 1.165) is 5.92 Å². The number of hydrogen-bond donors (Lipinski definition) is 0. The van der Waals surface area contributed by atoms with Crippen LogP contribution in [0.1, 0.15) is 53.3 Å². The summed E-state index contributed by atoms with van der Waals surface area (Å²) in [6.45, 7) is 4.51. The van der Waals surface area contributed by atoms with Gasteiger partial charge >= 0.3 is 0 Å². The van der Waals surface area contributed by atoms with Crippen LogP contribution >= 0.6 is 0 Å². The number of nitrogens with zero attached hydrogens (tertiary/aromatic N) is 1. The van der Waals surface area contributed by atoms with E-state index >= 15 is 0 Å². The van der Waals surface area contributed by atoms with Crippen LogP contribution in [0.2, 0.25) is 0 Å². The summed E-state index contributed by atoms with van der Waals surface area (Å²) in [7, 11) is 0. The van der Waals surface area contributed by atoms with Crippen LogP contribution in [-0.2, 0) is 12.8 Å². The molecule has 0 amide bonds. The van der Waals surface area contributed by atoms with Crippen LogP contribution in [0.5, 0.6) is 0 Å². The molecule has 14 heavy (non-hydrogen) atoms. The molecule has 0 saturated heterocycles. The summed E-state index contributed by atoms with van der Waals surface area (Å²) in [4.78, 5) is 4.78. The van der Waals surface area contributed by atoms with Crippen molar-refractivity contribution in [2.75, 3.05) is 0 Å². The van der Waals surface area contributed by atoms with Crippen LogP contribution in [0.25, 0.3) is 0 Å². The molecule has 0 unspecified atom stereocenters. The molecular formula is C13H17N. The van der Waals surface area contributed by atoms with E-state index in [0.29, 0.717) is 0 Å². The predicted molar refractivity (Wildman–Crippen MR) is 57.7 cm³/mol. The largest absolute Gasteiger partial charge is 0.258 e. The molecular weight excluding hydrogens is 170 g/mol. The van der Waals surface area contributed by atoms with Crippen molar-refractivity contribution in [2.45, 2.75) is 51.9 Å². The summed E-state index contributed by atoms with van der Waals surface area (Å²) >= 11 is 0. The number of hydrogen-bond acceptors (Lipinski definition) is 1. The lowest BCUT2D eigenvalue weighted by Crippen LogP contribution is -2.01. The SMILES string of the molecule is Cc1nc2c(c(C)c1C1CC1)CCC2. The number of fused-ring (bicyclic) bond motifs is 1. The first kappa shape index (κ1) is 8.46. The zero-order valence-electron chi connectivity index (χ0n) is 9.06. The number of aryl methyl sites for hydroxylation is 2. The van der Waals surface area contributed by atoms with Gasteiger partial charge in [0.1, 0.15) is 0 Å². The summed E-state index contributed by atoms with van der Waals surface area (Å²) in [5.41, 5.74) is 7.45. The number of aromatic nitrogens is 1. The molecule has 1 aromatic heterocycles. The Morgan fingerprint density at radius 3 is 2.64 bits per heavy atom. The number of pyridine rings is 1. The van der Waals surface area contributed by atoms with Crippen molar-refractivity contribution in [1.82, 2.24) is 4.98 Å². The van der Waals surface area contributed by atoms with Crippen LogP contribution in [0.3, 0.4) is 0 Å². The average Bonchev–Trinajstić information content (AvgIpc) is 2.84. The van der Waals surface area contributed by atoms with Crippen molar-refractivity contribution in [3.63, 3.8) is 0 Å². The van der Waals surface area contributed by atoms with E-state index in [9.17, 15) is 0 Å².